The van der Waals surface area contributed by atoms with Gasteiger partial charge in [0.05, 0.1) is 6.04 Å². The fraction of sp³-hybridized carbons (Fsp3) is 0.833. The minimum atomic E-state index is 0.427. The highest BCUT2D eigenvalue weighted by molar-refractivity contribution is 8.13. The van der Waals surface area contributed by atoms with Gasteiger partial charge in [-0.1, -0.05) is 31.5 Å². The fourth-order valence-electron chi connectivity index (χ4n) is 2.32. The monoisotopic (exact) mass is 239 g/mol. The first-order valence-electron chi connectivity index (χ1n) is 6.07. The first-order valence-corrected chi connectivity index (χ1v) is 7.29. The molecule has 0 aromatic heterocycles. The molecule has 0 aliphatic heterocycles. The second-order valence-electron chi connectivity index (χ2n) is 4.34. The summed E-state index contributed by atoms with van der Waals surface area (Å²) >= 11 is 1.52. The van der Waals surface area contributed by atoms with E-state index in [2.05, 4.69) is 17.2 Å². The molecule has 0 bridgehead atoms. The van der Waals surface area contributed by atoms with Crippen LogP contribution in [0.1, 0.15) is 45.4 Å². The van der Waals surface area contributed by atoms with Gasteiger partial charge in [-0.2, -0.15) is 5.26 Å². The smallest absolute Gasteiger partial charge is 0.183 e. The normalized spacial score (nSPS) is 26.2. The summed E-state index contributed by atoms with van der Waals surface area (Å²) in [6.07, 6.45) is 11.5. The molecular weight excluding hydrogens is 218 g/mol. The number of nitrogens with zero attached hydrogens (tertiary/aromatic N) is 2. The van der Waals surface area contributed by atoms with Gasteiger partial charge in [0.2, 0.25) is 0 Å². The zero-order valence-electron chi connectivity index (χ0n) is 10.2. The number of thioether (sulfide) groups is 1. The number of hydrogen-bond acceptors (Lipinski definition) is 3. The Morgan fingerprint density at radius 1 is 1.44 bits per heavy atom. The van der Waals surface area contributed by atoms with E-state index < -0.39 is 0 Å². The largest absolute Gasteiger partial charge is 0.272 e. The van der Waals surface area contributed by atoms with E-state index in [1.807, 2.05) is 12.4 Å². The average Bonchev–Trinajstić information content (AvgIpc) is 2.31. The molecular formula is C12H21N3S. The molecule has 3 nitrogen and oxygen atoms in total. The van der Waals surface area contributed by atoms with Crippen molar-refractivity contribution in [3.8, 4) is 6.19 Å². The summed E-state index contributed by atoms with van der Waals surface area (Å²) in [5.74, 6) is 0.915. The molecule has 1 aliphatic rings. The van der Waals surface area contributed by atoms with Crippen LogP contribution in [0.5, 0.6) is 0 Å². The van der Waals surface area contributed by atoms with Gasteiger partial charge in [-0.3, -0.25) is 10.3 Å². The van der Waals surface area contributed by atoms with Crippen LogP contribution in [0, 0.1) is 17.4 Å². The minimum Gasteiger partial charge on any atom is -0.272 e. The van der Waals surface area contributed by atoms with Crippen molar-refractivity contribution >= 4 is 16.9 Å². The molecule has 1 N–H and O–H groups in total. The Balaban J connectivity index is 2.38. The van der Waals surface area contributed by atoms with Crippen molar-refractivity contribution in [2.24, 2.45) is 10.9 Å². The fourth-order valence-corrected chi connectivity index (χ4v) is 2.72. The van der Waals surface area contributed by atoms with Gasteiger partial charge in [0.1, 0.15) is 0 Å². The van der Waals surface area contributed by atoms with Gasteiger partial charge >= 0.3 is 0 Å². The maximum absolute atomic E-state index is 8.55. The molecule has 0 radical (unpaired) electrons. The van der Waals surface area contributed by atoms with Crippen molar-refractivity contribution in [3.05, 3.63) is 0 Å². The summed E-state index contributed by atoms with van der Waals surface area (Å²) in [4.78, 5) is 4.58. The number of nitrogens with one attached hydrogen (secondary N) is 1. The van der Waals surface area contributed by atoms with Crippen LogP contribution in [-0.2, 0) is 0 Å². The Kier molecular flexibility index (Phi) is 6.32. The first kappa shape index (κ1) is 13.4. The van der Waals surface area contributed by atoms with Crippen LogP contribution in [0.2, 0.25) is 0 Å². The summed E-state index contributed by atoms with van der Waals surface area (Å²) in [6, 6.07) is 0.427. The molecule has 1 aliphatic carbocycles. The molecule has 0 heterocycles. The van der Waals surface area contributed by atoms with Crippen LogP contribution < -0.4 is 5.32 Å². The van der Waals surface area contributed by atoms with Gasteiger partial charge in [0, 0.05) is 0 Å². The third-order valence-corrected chi connectivity index (χ3v) is 3.76. The molecule has 16 heavy (non-hydrogen) atoms. The van der Waals surface area contributed by atoms with Crippen molar-refractivity contribution in [3.63, 3.8) is 0 Å². The predicted molar refractivity (Wildman–Crippen MR) is 70.4 cm³/mol. The molecule has 1 saturated carbocycles. The second-order valence-corrected chi connectivity index (χ2v) is 5.13. The highest BCUT2D eigenvalue weighted by Crippen LogP contribution is 2.29. The zero-order chi connectivity index (χ0) is 11.8. The standard InChI is InChI=1S/C12H21N3S/c1-3-4-10-5-7-11(8-6-10)15-12(16-2)14-9-13/h10-11H,3-8H2,1-2H3,(H,14,15). The van der Waals surface area contributed by atoms with E-state index in [-0.39, 0.29) is 0 Å². The Morgan fingerprint density at radius 3 is 2.62 bits per heavy atom. The third kappa shape index (κ3) is 4.44. The van der Waals surface area contributed by atoms with Gasteiger partial charge < -0.3 is 0 Å². The van der Waals surface area contributed by atoms with Crippen molar-refractivity contribution < 1.29 is 0 Å². The van der Waals surface area contributed by atoms with Crippen molar-refractivity contribution in [1.82, 2.24) is 5.32 Å². The number of aliphatic imine (C=N–C) groups is 1. The van der Waals surface area contributed by atoms with Gasteiger partial charge in [0.25, 0.3) is 0 Å². The van der Waals surface area contributed by atoms with Gasteiger partial charge in [-0.05, 0) is 37.9 Å². The third-order valence-electron chi connectivity index (χ3n) is 3.17. The lowest BCUT2D eigenvalue weighted by atomic mass is 9.84. The highest BCUT2D eigenvalue weighted by Gasteiger charge is 2.20. The minimum absolute atomic E-state index is 0.427. The van der Waals surface area contributed by atoms with Crippen LogP contribution in [-0.4, -0.2) is 17.5 Å². The molecule has 0 amide bonds. The summed E-state index contributed by atoms with van der Waals surface area (Å²) in [6.45, 7) is 2.26. The molecule has 1 fully saturated rings. The molecule has 0 spiro atoms. The quantitative estimate of drug-likeness (QED) is 0.356. The van der Waals surface area contributed by atoms with Crippen LogP contribution >= 0.6 is 11.8 Å². The van der Waals surface area contributed by atoms with Crippen molar-refractivity contribution in [2.75, 3.05) is 6.26 Å². The average molecular weight is 239 g/mol. The zero-order valence-corrected chi connectivity index (χ0v) is 11.0. The van der Waals surface area contributed by atoms with Crippen LogP contribution in [0.3, 0.4) is 0 Å². The molecule has 0 saturated heterocycles. The van der Waals surface area contributed by atoms with Gasteiger partial charge in [-0.25, -0.2) is 0 Å². The SMILES string of the molecule is CCCC1CCC(N=C(NC#N)SC)CC1. The van der Waals surface area contributed by atoms with E-state index in [0.717, 1.165) is 11.1 Å². The molecule has 4 heteroatoms. The van der Waals surface area contributed by atoms with E-state index in [1.54, 1.807) is 0 Å². The molecule has 0 atom stereocenters. The van der Waals surface area contributed by atoms with Crippen molar-refractivity contribution in [2.45, 2.75) is 51.5 Å². The lowest BCUT2D eigenvalue weighted by Gasteiger charge is -2.26. The van der Waals surface area contributed by atoms with Crippen LogP contribution in [0.4, 0.5) is 0 Å². The van der Waals surface area contributed by atoms with E-state index >= 15 is 0 Å². The van der Waals surface area contributed by atoms with Gasteiger partial charge in [0.15, 0.2) is 11.4 Å². The Hall–Kier alpha value is -0.690. The topological polar surface area (TPSA) is 48.2 Å². The predicted octanol–water partition coefficient (Wildman–Crippen LogP) is 3.13. The lowest BCUT2D eigenvalue weighted by molar-refractivity contribution is 0.310. The maximum atomic E-state index is 8.55. The molecule has 1 rings (SSSR count). The summed E-state index contributed by atoms with van der Waals surface area (Å²) in [5.41, 5.74) is 0. The molecule has 0 aromatic rings. The van der Waals surface area contributed by atoms with Crippen LogP contribution in [0.15, 0.2) is 4.99 Å². The maximum Gasteiger partial charge on any atom is 0.183 e. The van der Waals surface area contributed by atoms with E-state index in [4.69, 9.17) is 5.26 Å². The Morgan fingerprint density at radius 2 is 2.12 bits per heavy atom. The second kappa shape index (κ2) is 7.56. The van der Waals surface area contributed by atoms with E-state index in [9.17, 15) is 0 Å². The number of amidine groups is 1. The summed E-state index contributed by atoms with van der Waals surface area (Å²) in [7, 11) is 0. The lowest BCUT2D eigenvalue weighted by Crippen LogP contribution is -2.22. The molecule has 0 aromatic carbocycles. The number of rotatable bonds is 3. The van der Waals surface area contributed by atoms with Gasteiger partial charge in [-0.15, -0.1) is 0 Å². The molecule has 0 unspecified atom stereocenters. The van der Waals surface area contributed by atoms with E-state index in [0.29, 0.717) is 6.04 Å². The summed E-state index contributed by atoms with van der Waals surface area (Å²) in [5, 5.41) is 12.0. The van der Waals surface area contributed by atoms with E-state index in [1.165, 1.54) is 50.3 Å². The first-order chi connectivity index (χ1) is 7.80. The Bertz CT molecular complexity index is 262. The number of hydrogen-bond donors (Lipinski definition) is 1. The Labute approximate surface area is 103 Å². The summed E-state index contributed by atoms with van der Waals surface area (Å²) < 4.78 is 0. The number of nitriles is 1. The highest BCUT2D eigenvalue weighted by atomic mass is 32.2. The van der Waals surface area contributed by atoms with Crippen LogP contribution in [0.25, 0.3) is 0 Å². The molecule has 90 valence electrons. The van der Waals surface area contributed by atoms with Crippen molar-refractivity contribution in [1.29, 1.82) is 5.26 Å².